The van der Waals surface area contributed by atoms with Crippen LogP contribution in [0.3, 0.4) is 0 Å². The molecule has 0 spiro atoms. The van der Waals surface area contributed by atoms with Gasteiger partial charge in [-0.25, -0.2) is 9.67 Å². The second-order valence-electron chi connectivity index (χ2n) is 9.73. The van der Waals surface area contributed by atoms with Gasteiger partial charge >= 0.3 is 6.36 Å². The maximum absolute atomic E-state index is 12.3. The minimum absolute atomic E-state index is 0.229. The molecule has 0 aliphatic rings. The quantitative estimate of drug-likeness (QED) is 0.125. The Labute approximate surface area is 230 Å². The van der Waals surface area contributed by atoms with Crippen LogP contribution in [0.15, 0.2) is 65.4 Å². The second kappa shape index (κ2) is 13.0. The first kappa shape index (κ1) is 29.1. The van der Waals surface area contributed by atoms with Crippen LogP contribution in [0.5, 0.6) is 11.5 Å². The molecule has 0 aliphatic carbocycles. The first-order valence-corrected chi connectivity index (χ1v) is 15.4. The number of alkyl halides is 3. The molecule has 2 aromatic heterocycles. The van der Waals surface area contributed by atoms with Crippen molar-refractivity contribution in [3.05, 3.63) is 89.4 Å². The molecule has 0 unspecified atom stereocenters. The van der Waals surface area contributed by atoms with Gasteiger partial charge in [-0.2, -0.15) is 0 Å². The van der Waals surface area contributed by atoms with Gasteiger partial charge in [0.1, 0.15) is 37.2 Å². The molecule has 0 saturated heterocycles. The summed E-state index contributed by atoms with van der Waals surface area (Å²) in [5.41, 5.74) is 3.40. The number of aromatic nitrogens is 4. The Morgan fingerprint density at radius 1 is 0.950 bits per heavy atom. The smallest absolute Gasteiger partial charge is 0.487 e. The van der Waals surface area contributed by atoms with Crippen LogP contribution in [0.1, 0.15) is 41.2 Å². The SMILES string of the molecule is CP(C)(=O)Cn1cc(CCCCc2ccc(OCc3coc(/C=C/c4ccc(OC(F)(F)F)cc4)n3)cc2)nn1. The highest BCUT2D eigenvalue weighted by Crippen LogP contribution is 2.37. The summed E-state index contributed by atoms with van der Waals surface area (Å²) in [6, 6.07) is 13.4. The maximum atomic E-state index is 12.3. The van der Waals surface area contributed by atoms with Crippen LogP contribution >= 0.6 is 7.14 Å². The third-order valence-corrected chi connectivity index (χ3v) is 6.60. The fourth-order valence-electron chi connectivity index (χ4n) is 3.83. The highest BCUT2D eigenvalue weighted by atomic mass is 31.2. The molecule has 40 heavy (non-hydrogen) atoms. The van der Waals surface area contributed by atoms with E-state index in [9.17, 15) is 17.7 Å². The zero-order valence-corrected chi connectivity index (χ0v) is 23.1. The molecule has 2 heterocycles. The third-order valence-electron chi connectivity index (χ3n) is 5.63. The van der Waals surface area contributed by atoms with Gasteiger partial charge in [-0.05, 0) is 80.5 Å². The maximum Gasteiger partial charge on any atom is 0.573 e. The van der Waals surface area contributed by atoms with E-state index in [1.54, 1.807) is 30.2 Å². The molecular weight excluding hydrogens is 544 g/mol. The molecule has 0 saturated carbocycles. The highest BCUT2D eigenvalue weighted by Gasteiger charge is 2.30. The van der Waals surface area contributed by atoms with Crippen molar-refractivity contribution >= 4 is 19.3 Å². The number of hydrogen-bond donors (Lipinski definition) is 0. The van der Waals surface area contributed by atoms with Gasteiger partial charge in [0, 0.05) is 12.3 Å². The Hall–Kier alpha value is -3.85. The molecule has 4 rings (SSSR count). The largest absolute Gasteiger partial charge is 0.573 e. The van der Waals surface area contributed by atoms with Crippen LogP contribution < -0.4 is 9.47 Å². The number of benzene rings is 2. The second-order valence-corrected chi connectivity index (χ2v) is 13.2. The van der Waals surface area contributed by atoms with Crippen molar-refractivity contribution in [2.24, 2.45) is 0 Å². The Morgan fingerprint density at radius 3 is 2.35 bits per heavy atom. The number of oxazole rings is 1. The molecule has 12 heteroatoms. The van der Waals surface area contributed by atoms with Crippen LogP contribution in [0.4, 0.5) is 13.2 Å². The molecule has 2 aromatic carbocycles. The van der Waals surface area contributed by atoms with Crippen LogP contribution in [0.25, 0.3) is 12.2 Å². The Bertz CT molecular complexity index is 1440. The number of hydrogen-bond acceptors (Lipinski definition) is 7. The molecule has 212 valence electrons. The zero-order chi connectivity index (χ0) is 28.6. The summed E-state index contributed by atoms with van der Waals surface area (Å²) in [6.45, 7) is 3.71. The van der Waals surface area contributed by atoms with Gasteiger partial charge in [0.25, 0.3) is 0 Å². The number of ether oxygens (including phenoxy) is 2. The summed E-state index contributed by atoms with van der Waals surface area (Å²) >= 11 is 0. The fourth-order valence-corrected chi connectivity index (χ4v) is 4.67. The molecule has 0 amide bonds. The first-order valence-electron chi connectivity index (χ1n) is 12.6. The van der Waals surface area contributed by atoms with E-state index in [-0.39, 0.29) is 12.4 Å². The van der Waals surface area contributed by atoms with E-state index in [1.165, 1.54) is 36.1 Å². The summed E-state index contributed by atoms with van der Waals surface area (Å²) in [5.74, 6) is 0.780. The van der Waals surface area contributed by atoms with Crippen molar-refractivity contribution in [1.82, 2.24) is 20.0 Å². The lowest BCUT2D eigenvalue weighted by Crippen LogP contribution is -2.16. The lowest BCUT2D eigenvalue weighted by molar-refractivity contribution is -0.274. The molecule has 4 aromatic rings. The molecule has 0 bridgehead atoms. The van der Waals surface area contributed by atoms with E-state index in [0.717, 1.165) is 31.4 Å². The number of unbranched alkanes of at least 4 members (excludes halogenated alkanes) is 1. The van der Waals surface area contributed by atoms with E-state index in [0.29, 0.717) is 29.2 Å². The predicted molar refractivity (Wildman–Crippen MR) is 145 cm³/mol. The van der Waals surface area contributed by atoms with Gasteiger partial charge in [0.2, 0.25) is 5.89 Å². The minimum atomic E-state index is -4.72. The third kappa shape index (κ3) is 10.0. The standard InChI is InChI=1S/C28H30F3N4O4P/c1-40(2,36)20-35-17-23(33-34-35)6-4-3-5-21-7-12-25(13-8-21)37-18-24-19-38-27(32-24)16-11-22-9-14-26(15-10-22)39-28(29,30)31/h7-17,19H,3-6,18,20H2,1-2H3/b16-11+. The molecule has 0 radical (unpaired) electrons. The van der Waals surface area contributed by atoms with Crippen molar-refractivity contribution in [2.75, 3.05) is 13.3 Å². The average molecular weight is 575 g/mol. The summed E-state index contributed by atoms with van der Waals surface area (Å²) in [5, 5.41) is 8.22. The summed E-state index contributed by atoms with van der Waals surface area (Å²) in [7, 11) is -2.18. The van der Waals surface area contributed by atoms with Gasteiger partial charge in [-0.15, -0.1) is 18.3 Å². The van der Waals surface area contributed by atoms with E-state index in [1.807, 2.05) is 30.5 Å². The number of nitrogens with zero attached hydrogens (tertiary/aromatic N) is 4. The molecule has 8 nitrogen and oxygen atoms in total. The zero-order valence-electron chi connectivity index (χ0n) is 22.2. The average Bonchev–Trinajstić information content (AvgIpc) is 3.53. The van der Waals surface area contributed by atoms with Crippen molar-refractivity contribution in [3.8, 4) is 11.5 Å². The Morgan fingerprint density at radius 2 is 1.65 bits per heavy atom. The van der Waals surface area contributed by atoms with Crippen LogP contribution in [-0.2, 0) is 30.3 Å². The predicted octanol–water partition coefficient (Wildman–Crippen LogP) is 7.06. The lowest BCUT2D eigenvalue weighted by atomic mass is 10.1. The van der Waals surface area contributed by atoms with Crippen LogP contribution in [0.2, 0.25) is 0 Å². The van der Waals surface area contributed by atoms with Gasteiger partial charge in [0.15, 0.2) is 0 Å². The molecule has 0 N–H and O–H groups in total. The van der Waals surface area contributed by atoms with Gasteiger partial charge in [0.05, 0.1) is 12.0 Å². The molecular formula is C28H30F3N4O4P. The van der Waals surface area contributed by atoms with E-state index in [2.05, 4.69) is 20.0 Å². The minimum Gasteiger partial charge on any atom is -0.487 e. The van der Waals surface area contributed by atoms with Gasteiger partial charge in [-0.3, -0.25) is 0 Å². The normalized spacial score (nSPS) is 12.2. The molecule has 0 fully saturated rings. The van der Waals surface area contributed by atoms with Gasteiger partial charge in [-0.1, -0.05) is 29.5 Å². The Kier molecular flexibility index (Phi) is 9.47. The van der Waals surface area contributed by atoms with Crippen LogP contribution in [-0.4, -0.2) is 39.7 Å². The fraction of sp³-hybridized carbons (Fsp3) is 0.321. The van der Waals surface area contributed by atoms with E-state index < -0.39 is 13.5 Å². The van der Waals surface area contributed by atoms with E-state index in [4.69, 9.17) is 9.15 Å². The number of halogens is 3. The highest BCUT2D eigenvalue weighted by molar-refractivity contribution is 7.61. The van der Waals surface area contributed by atoms with Crippen molar-refractivity contribution in [1.29, 1.82) is 0 Å². The monoisotopic (exact) mass is 574 g/mol. The Balaban J connectivity index is 1.17. The number of aryl methyl sites for hydroxylation is 2. The molecule has 0 aliphatic heterocycles. The van der Waals surface area contributed by atoms with Crippen molar-refractivity contribution < 1.29 is 31.6 Å². The van der Waals surface area contributed by atoms with Gasteiger partial charge < -0.3 is 18.5 Å². The summed E-state index contributed by atoms with van der Waals surface area (Å²) in [6.07, 6.45) is 6.10. The molecule has 0 atom stereocenters. The topological polar surface area (TPSA) is 92.3 Å². The lowest BCUT2D eigenvalue weighted by Gasteiger charge is -2.08. The first-order chi connectivity index (χ1) is 19.0. The van der Waals surface area contributed by atoms with E-state index >= 15 is 0 Å². The number of rotatable bonds is 13. The van der Waals surface area contributed by atoms with Crippen LogP contribution in [0, 0.1) is 0 Å². The summed E-state index contributed by atoms with van der Waals surface area (Å²) in [4.78, 5) is 4.34. The van der Waals surface area contributed by atoms with Crippen molar-refractivity contribution in [3.63, 3.8) is 0 Å². The summed E-state index contributed by atoms with van der Waals surface area (Å²) < 4.78 is 65.5. The van der Waals surface area contributed by atoms with Crippen molar-refractivity contribution in [2.45, 2.75) is 44.9 Å².